The van der Waals surface area contributed by atoms with Gasteiger partial charge in [-0.2, -0.15) is 0 Å². The molecule has 1 fully saturated rings. The minimum Gasteiger partial charge on any atom is -0.396 e. The number of aliphatic hydroxyl groups excluding tert-OH is 2. The molecule has 4 atom stereocenters. The first-order valence-electron chi connectivity index (χ1n) is 5.88. The molecule has 3 rings (SSSR count). The predicted octanol–water partition coefficient (Wildman–Crippen LogP) is -0.944. The average molecular weight is 268 g/mol. The van der Waals surface area contributed by atoms with Crippen LogP contribution >= 0.6 is 0 Å². The summed E-state index contributed by atoms with van der Waals surface area (Å²) in [5.74, 6) is -0.345. The summed E-state index contributed by atoms with van der Waals surface area (Å²) in [6.45, 7) is -0.276. The number of nitrogens with zero attached hydrogens (tertiary/aromatic N) is 5. The van der Waals surface area contributed by atoms with Crippen LogP contribution in [0.25, 0.3) is 11.2 Å². The van der Waals surface area contributed by atoms with Crippen LogP contribution in [0.3, 0.4) is 0 Å². The van der Waals surface area contributed by atoms with Crippen molar-refractivity contribution in [1.82, 2.24) is 25.0 Å². The molecule has 0 radical (unpaired) electrons. The molecule has 0 aromatic carbocycles. The molecule has 9 heteroatoms. The van der Waals surface area contributed by atoms with E-state index in [2.05, 4.69) is 20.3 Å². The zero-order valence-corrected chi connectivity index (χ0v) is 9.89. The lowest BCUT2D eigenvalue weighted by atomic mass is 10.1. The molecule has 0 unspecified atom stereocenters. The normalized spacial score (nSPS) is 31.1. The smallest absolute Gasteiger partial charge is 0.184 e. The van der Waals surface area contributed by atoms with Gasteiger partial charge >= 0.3 is 0 Å². The molecule has 2 aromatic heterocycles. The molecule has 2 aromatic rings. The number of aromatic nitrogens is 5. The first-order valence-corrected chi connectivity index (χ1v) is 5.88. The molecular weight excluding hydrogens is 255 g/mol. The van der Waals surface area contributed by atoms with E-state index in [-0.39, 0.29) is 18.8 Å². The molecule has 102 valence electrons. The van der Waals surface area contributed by atoms with Crippen molar-refractivity contribution in [1.29, 1.82) is 0 Å². The van der Waals surface area contributed by atoms with Gasteiger partial charge in [-0.25, -0.2) is 19.0 Å². The molecule has 8 nitrogen and oxygen atoms in total. The van der Waals surface area contributed by atoms with Crippen molar-refractivity contribution >= 4 is 17.0 Å². The van der Waals surface area contributed by atoms with Crippen molar-refractivity contribution in [2.45, 2.75) is 24.7 Å². The Labute approximate surface area is 107 Å². The first kappa shape index (κ1) is 12.2. The molecule has 0 saturated heterocycles. The van der Waals surface area contributed by atoms with E-state index in [1.165, 1.54) is 11.0 Å². The highest BCUT2D eigenvalue weighted by Crippen LogP contribution is 2.37. The predicted molar refractivity (Wildman–Crippen MR) is 62.7 cm³/mol. The van der Waals surface area contributed by atoms with Crippen LogP contribution in [-0.4, -0.2) is 54.1 Å². The van der Waals surface area contributed by atoms with Crippen LogP contribution in [-0.2, 0) is 0 Å². The Balaban J connectivity index is 2.04. The van der Waals surface area contributed by atoms with Crippen molar-refractivity contribution < 1.29 is 14.6 Å². The van der Waals surface area contributed by atoms with E-state index in [0.717, 1.165) is 0 Å². The van der Waals surface area contributed by atoms with Crippen LogP contribution in [0, 0.1) is 5.92 Å². The summed E-state index contributed by atoms with van der Waals surface area (Å²) < 4.78 is 15.4. The number of halogens is 1. The zero-order chi connectivity index (χ0) is 13.6. The molecular formula is C10H13FN6O2. The number of alkyl halides is 1. The summed E-state index contributed by atoms with van der Waals surface area (Å²) in [5, 5.41) is 26.5. The standard InChI is InChI=1S/C10H13FN6O2/c11-6-5(1-4(2-18)8(6)19)17-10-7(15-16-17)9(12)13-3-14-10/h3-6,8,18-19H,1-2H2,(H2,12,13,14)/t4-,5-,6-,8-/m1/s1. The SMILES string of the molecule is Nc1ncnc2c1nnn2[C@@H]1C[C@H](CO)[C@@H](O)[C@@H]1F. The van der Waals surface area contributed by atoms with Gasteiger partial charge in [0.15, 0.2) is 17.0 Å². The summed E-state index contributed by atoms with van der Waals surface area (Å²) in [6, 6.07) is -0.716. The topological polar surface area (TPSA) is 123 Å². The third kappa shape index (κ3) is 1.73. The van der Waals surface area contributed by atoms with E-state index in [1.54, 1.807) is 0 Å². The minimum atomic E-state index is -1.53. The number of nitrogens with two attached hydrogens (primary N) is 1. The number of aliphatic hydroxyl groups is 2. The van der Waals surface area contributed by atoms with E-state index in [4.69, 9.17) is 10.8 Å². The molecule has 0 bridgehead atoms. The molecule has 2 heterocycles. The maximum absolute atomic E-state index is 14.1. The maximum Gasteiger partial charge on any atom is 0.184 e. The van der Waals surface area contributed by atoms with Crippen molar-refractivity contribution in [2.75, 3.05) is 12.3 Å². The Morgan fingerprint density at radius 3 is 2.95 bits per heavy atom. The molecule has 1 aliphatic carbocycles. The fourth-order valence-electron chi connectivity index (χ4n) is 2.49. The van der Waals surface area contributed by atoms with Gasteiger partial charge in [0.1, 0.15) is 12.5 Å². The fraction of sp³-hybridized carbons (Fsp3) is 0.600. The third-order valence-electron chi connectivity index (χ3n) is 3.56. The lowest BCUT2D eigenvalue weighted by Crippen LogP contribution is -2.27. The Morgan fingerprint density at radius 1 is 1.47 bits per heavy atom. The van der Waals surface area contributed by atoms with Crippen LogP contribution in [0.4, 0.5) is 10.2 Å². The van der Waals surface area contributed by atoms with Crippen LogP contribution < -0.4 is 5.73 Å². The van der Waals surface area contributed by atoms with Gasteiger partial charge in [0.2, 0.25) is 0 Å². The van der Waals surface area contributed by atoms with E-state index < -0.39 is 24.2 Å². The van der Waals surface area contributed by atoms with Crippen LogP contribution in [0.5, 0.6) is 0 Å². The van der Waals surface area contributed by atoms with Gasteiger partial charge in [0, 0.05) is 12.5 Å². The summed E-state index contributed by atoms with van der Waals surface area (Å²) in [5.41, 5.74) is 6.26. The Hall–Kier alpha value is -1.87. The third-order valence-corrected chi connectivity index (χ3v) is 3.56. The number of nitrogen functional groups attached to an aromatic ring is 1. The average Bonchev–Trinajstić information content (AvgIpc) is 2.94. The van der Waals surface area contributed by atoms with E-state index in [0.29, 0.717) is 11.2 Å². The summed E-state index contributed by atoms with van der Waals surface area (Å²) in [4.78, 5) is 7.77. The second-order valence-corrected chi connectivity index (χ2v) is 4.65. The first-order chi connectivity index (χ1) is 9.13. The second-order valence-electron chi connectivity index (χ2n) is 4.65. The van der Waals surface area contributed by atoms with E-state index >= 15 is 0 Å². The Bertz CT molecular complexity index is 605. The molecule has 1 saturated carbocycles. The molecule has 0 aliphatic heterocycles. The zero-order valence-electron chi connectivity index (χ0n) is 9.89. The molecule has 0 spiro atoms. The van der Waals surface area contributed by atoms with Crippen LogP contribution in [0.1, 0.15) is 12.5 Å². The molecule has 4 N–H and O–H groups in total. The van der Waals surface area contributed by atoms with Gasteiger partial charge in [0.05, 0.1) is 12.1 Å². The van der Waals surface area contributed by atoms with Crippen molar-refractivity contribution in [2.24, 2.45) is 5.92 Å². The number of anilines is 1. The highest BCUT2D eigenvalue weighted by Gasteiger charge is 2.44. The fourth-order valence-corrected chi connectivity index (χ4v) is 2.49. The van der Waals surface area contributed by atoms with E-state index in [9.17, 15) is 9.50 Å². The van der Waals surface area contributed by atoms with Gasteiger partial charge in [0.25, 0.3) is 0 Å². The van der Waals surface area contributed by atoms with Crippen molar-refractivity contribution in [3.05, 3.63) is 6.33 Å². The molecule has 1 aliphatic rings. The molecule has 0 amide bonds. The van der Waals surface area contributed by atoms with Crippen molar-refractivity contribution in [3.8, 4) is 0 Å². The van der Waals surface area contributed by atoms with Gasteiger partial charge < -0.3 is 15.9 Å². The molecule has 19 heavy (non-hydrogen) atoms. The highest BCUT2D eigenvalue weighted by molar-refractivity contribution is 5.80. The monoisotopic (exact) mass is 268 g/mol. The lowest BCUT2D eigenvalue weighted by Gasteiger charge is -2.14. The minimum absolute atomic E-state index is 0.170. The lowest BCUT2D eigenvalue weighted by molar-refractivity contribution is 0.0392. The largest absolute Gasteiger partial charge is 0.396 e. The Morgan fingerprint density at radius 2 is 2.26 bits per heavy atom. The number of rotatable bonds is 2. The number of hydrogen-bond acceptors (Lipinski definition) is 7. The van der Waals surface area contributed by atoms with E-state index in [1.807, 2.05) is 0 Å². The summed E-state index contributed by atoms with van der Waals surface area (Å²) in [7, 11) is 0. The van der Waals surface area contributed by atoms with Gasteiger partial charge in [-0.3, -0.25) is 0 Å². The van der Waals surface area contributed by atoms with Crippen LogP contribution in [0.2, 0.25) is 0 Å². The van der Waals surface area contributed by atoms with Gasteiger partial charge in [-0.15, -0.1) is 5.10 Å². The summed E-state index contributed by atoms with van der Waals surface area (Å²) in [6.07, 6.45) is -1.23. The van der Waals surface area contributed by atoms with Gasteiger partial charge in [-0.05, 0) is 6.42 Å². The van der Waals surface area contributed by atoms with Crippen molar-refractivity contribution in [3.63, 3.8) is 0 Å². The number of hydrogen-bond donors (Lipinski definition) is 3. The second kappa shape index (κ2) is 4.35. The maximum atomic E-state index is 14.1. The Kier molecular flexibility index (Phi) is 2.79. The highest BCUT2D eigenvalue weighted by atomic mass is 19.1. The van der Waals surface area contributed by atoms with Crippen LogP contribution in [0.15, 0.2) is 6.33 Å². The van der Waals surface area contributed by atoms with Gasteiger partial charge in [-0.1, -0.05) is 5.21 Å². The number of fused-ring (bicyclic) bond motifs is 1. The summed E-state index contributed by atoms with van der Waals surface area (Å²) >= 11 is 0. The quantitative estimate of drug-likeness (QED) is 0.642.